The maximum atomic E-state index is 13.2. The average molecular weight is 512 g/mol. The number of nitrogens with two attached hydrogens (primary N) is 1. The Kier molecular flexibility index (Phi) is 9.48. The molecule has 36 heavy (non-hydrogen) atoms. The summed E-state index contributed by atoms with van der Waals surface area (Å²) >= 11 is 3.95. The third-order valence-electron chi connectivity index (χ3n) is 5.60. The second kappa shape index (κ2) is 12.8. The van der Waals surface area contributed by atoms with E-state index in [4.69, 9.17) is 5.73 Å². The van der Waals surface area contributed by atoms with Crippen molar-refractivity contribution in [3.05, 3.63) is 71.9 Å². The van der Waals surface area contributed by atoms with Gasteiger partial charge in [0.1, 0.15) is 12.1 Å². The van der Waals surface area contributed by atoms with E-state index in [9.17, 15) is 24.3 Å². The molecule has 0 aliphatic heterocycles. The first-order chi connectivity index (χ1) is 17.3. The maximum Gasteiger partial charge on any atom is 0.326 e. The zero-order valence-electron chi connectivity index (χ0n) is 19.4. The van der Waals surface area contributed by atoms with Gasteiger partial charge in [-0.25, -0.2) is 4.79 Å². The molecule has 1 heterocycles. The molecule has 3 aromatic rings. The number of hydrogen-bond donors (Lipinski definition) is 7. The molecule has 1 aromatic heterocycles. The fourth-order valence-electron chi connectivity index (χ4n) is 3.68. The van der Waals surface area contributed by atoms with Gasteiger partial charge in [-0.05, 0) is 17.2 Å². The molecule has 7 N–H and O–H groups in total. The Bertz CT molecular complexity index is 1220. The highest BCUT2D eigenvalue weighted by Crippen LogP contribution is 2.19. The monoisotopic (exact) mass is 511 g/mol. The van der Waals surface area contributed by atoms with Crippen LogP contribution in [0.15, 0.2) is 60.8 Å². The number of benzene rings is 2. The van der Waals surface area contributed by atoms with Crippen LogP contribution >= 0.6 is 12.6 Å². The number of para-hydroxylation sites is 1. The molecule has 10 nitrogen and oxygen atoms in total. The lowest BCUT2D eigenvalue weighted by atomic mass is 10.0. The van der Waals surface area contributed by atoms with Crippen molar-refractivity contribution in [1.29, 1.82) is 0 Å². The van der Waals surface area contributed by atoms with E-state index in [1.807, 2.05) is 30.3 Å². The van der Waals surface area contributed by atoms with E-state index >= 15 is 0 Å². The number of thiol groups is 1. The maximum absolute atomic E-state index is 13.2. The van der Waals surface area contributed by atoms with Crippen molar-refractivity contribution >= 4 is 47.2 Å². The van der Waals surface area contributed by atoms with Crippen molar-refractivity contribution in [2.75, 3.05) is 12.3 Å². The first kappa shape index (κ1) is 26.8. The summed E-state index contributed by atoms with van der Waals surface area (Å²) in [6, 6.07) is 13.3. The topological polar surface area (TPSA) is 166 Å². The molecular weight excluding hydrogens is 482 g/mol. The zero-order chi connectivity index (χ0) is 26.1. The standard InChI is InChI=1S/C25H29N5O5S/c26-18(14-36)23(32)28-13-22(31)29-20(10-15-6-2-1-3-7-15)24(33)30-21(25(34)35)11-16-12-27-19-9-5-4-8-17(16)19/h1-9,12,18,20-21,27,36H,10-11,13-14,26H2,(H,28,32)(H,29,31)(H,30,33)(H,34,35). The number of carboxylic acids is 1. The van der Waals surface area contributed by atoms with Crippen molar-refractivity contribution in [3.8, 4) is 0 Å². The first-order valence-corrected chi connectivity index (χ1v) is 12.0. The minimum Gasteiger partial charge on any atom is -0.480 e. The van der Waals surface area contributed by atoms with Gasteiger partial charge in [-0.15, -0.1) is 0 Å². The third-order valence-corrected chi connectivity index (χ3v) is 6.00. The van der Waals surface area contributed by atoms with Crippen molar-refractivity contribution in [2.45, 2.75) is 31.0 Å². The van der Waals surface area contributed by atoms with E-state index in [1.54, 1.807) is 30.5 Å². The van der Waals surface area contributed by atoms with Gasteiger partial charge in [0.2, 0.25) is 17.7 Å². The van der Waals surface area contributed by atoms with Gasteiger partial charge in [-0.1, -0.05) is 48.5 Å². The molecule has 0 radical (unpaired) electrons. The average Bonchev–Trinajstić information content (AvgIpc) is 3.29. The number of rotatable bonds is 12. The Hall–Kier alpha value is -3.83. The van der Waals surface area contributed by atoms with Crippen LogP contribution in [0.5, 0.6) is 0 Å². The Labute approximate surface area is 213 Å². The van der Waals surface area contributed by atoms with E-state index in [0.29, 0.717) is 0 Å². The van der Waals surface area contributed by atoms with E-state index in [-0.39, 0.29) is 18.6 Å². The SMILES string of the molecule is NC(CS)C(=O)NCC(=O)NC(Cc1ccccc1)C(=O)NC(Cc1c[nH]c2ccccc12)C(=O)O. The molecule has 3 unspecified atom stereocenters. The number of aromatic amines is 1. The van der Waals surface area contributed by atoms with Crippen LogP contribution in [0.2, 0.25) is 0 Å². The summed E-state index contributed by atoms with van der Waals surface area (Å²) in [5, 5.41) is 18.2. The predicted octanol–water partition coefficient (Wildman–Crippen LogP) is 0.381. The van der Waals surface area contributed by atoms with Gasteiger partial charge >= 0.3 is 5.97 Å². The van der Waals surface area contributed by atoms with Crippen molar-refractivity contribution in [3.63, 3.8) is 0 Å². The predicted molar refractivity (Wildman–Crippen MR) is 138 cm³/mol. The highest BCUT2D eigenvalue weighted by Gasteiger charge is 2.28. The largest absolute Gasteiger partial charge is 0.480 e. The molecule has 0 fully saturated rings. The lowest BCUT2D eigenvalue weighted by Gasteiger charge is -2.22. The fourth-order valence-corrected chi connectivity index (χ4v) is 3.84. The second-order valence-corrected chi connectivity index (χ2v) is 8.64. The van der Waals surface area contributed by atoms with Gasteiger partial charge in [0.15, 0.2) is 0 Å². The van der Waals surface area contributed by atoms with E-state index in [2.05, 4.69) is 33.6 Å². The quantitative estimate of drug-likeness (QED) is 0.174. The minimum atomic E-state index is -1.22. The summed E-state index contributed by atoms with van der Waals surface area (Å²) in [6.07, 6.45) is 1.89. The number of aromatic nitrogens is 1. The summed E-state index contributed by atoms with van der Waals surface area (Å²) in [4.78, 5) is 52.6. The molecule has 0 bridgehead atoms. The summed E-state index contributed by atoms with van der Waals surface area (Å²) in [6.45, 7) is -0.392. The Morgan fingerprint density at radius 1 is 0.917 bits per heavy atom. The fraction of sp³-hybridized carbons (Fsp3) is 0.280. The molecule has 190 valence electrons. The van der Waals surface area contributed by atoms with Gasteiger partial charge < -0.3 is 31.8 Å². The van der Waals surface area contributed by atoms with Gasteiger partial charge in [-0.3, -0.25) is 14.4 Å². The molecule has 0 spiro atoms. The number of carbonyl (C=O) groups is 4. The van der Waals surface area contributed by atoms with Crippen LogP contribution in [-0.2, 0) is 32.0 Å². The van der Waals surface area contributed by atoms with E-state index < -0.39 is 48.4 Å². The van der Waals surface area contributed by atoms with E-state index in [0.717, 1.165) is 22.0 Å². The molecule has 2 aromatic carbocycles. The lowest BCUT2D eigenvalue weighted by molar-refractivity contribution is -0.142. The number of aliphatic carboxylic acids is 1. The van der Waals surface area contributed by atoms with Crippen LogP contribution < -0.4 is 21.7 Å². The number of amides is 3. The molecule has 0 saturated heterocycles. The summed E-state index contributed by atoms with van der Waals surface area (Å²) in [5.41, 5.74) is 7.95. The smallest absolute Gasteiger partial charge is 0.326 e. The Morgan fingerprint density at radius 3 is 2.31 bits per heavy atom. The lowest BCUT2D eigenvalue weighted by Crippen LogP contribution is -2.55. The molecule has 0 aliphatic carbocycles. The second-order valence-electron chi connectivity index (χ2n) is 8.28. The van der Waals surface area contributed by atoms with Gasteiger partial charge in [-0.2, -0.15) is 12.6 Å². The van der Waals surface area contributed by atoms with Crippen molar-refractivity contribution < 1.29 is 24.3 Å². The van der Waals surface area contributed by atoms with Crippen LogP contribution in [0, 0.1) is 0 Å². The highest BCUT2D eigenvalue weighted by molar-refractivity contribution is 7.80. The molecule has 3 atom stereocenters. The molecule has 3 amide bonds. The van der Waals surface area contributed by atoms with Crippen LogP contribution in [0.3, 0.4) is 0 Å². The molecular formula is C25H29N5O5S. The Morgan fingerprint density at radius 2 is 1.61 bits per heavy atom. The third kappa shape index (κ3) is 7.33. The first-order valence-electron chi connectivity index (χ1n) is 11.3. The summed E-state index contributed by atoms with van der Waals surface area (Å²) < 4.78 is 0. The molecule has 0 aliphatic rings. The van der Waals surface area contributed by atoms with Crippen LogP contribution in [0.4, 0.5) is 0 Å². The molecule has 11 heteroatoms. The molecule has 3 rings (SSSR count). The number of carbonyl (C=O) groups excluding carboxylic acids is 3. The molecule has 0 saturated carbocycles. The van der Waals surface area contributed by atoms with Gasteiger partial charge in [0.25, 0.3) is 0 Å². The number of carboxylic acid groups (broad SMARTS) is 1. The Balaban J connectivity index is 1.72. The highest BCUT2D eigenvalue weighted by atomic mass is 32.1. The van der Waals surface area contributed by atoms with Crippen molar-refractivity contribution in [2.24, 2.45) is 5.73 Å². The van der Waals surface area contributed by atoms with Crippen LogP contribution in [0.25, 0.3) is 10.9 Å². The van der Waals surface area contributed by atoms with Crippen LogP contribution in [-0.4, -0.2) is 64.2 Å². The van der Waals surface area contributed by atoms with Gasteiger partial charge in [0, 0.05) is 35.7 Å². The number of hydrogen-bond acceptors (Lipinski definition) is 6. The number of nitrogens with one attached hydrogen (secondary N) is 4. The zero-order valence-corrected chi connectivity index (χ0v) is 20.3. The minimum absolute atomic E-state index is 0.0504. The normalized spacial score (nSPS) is 13.4. The number of fused-ring (bicyclic) bond motifs is 1. The summed E-state index contributed by atoms with van der Waals surface area (Å²) in [7, 11) is 0. The van der Waals surface area contributed by atoms with Crippen LogP contribution in [0.1, 0.15) is 11.1 Å². The van der Waals surface area contributed by atoms with Gasteiger partial charge in [0.05, 0.1) is 12.6 Å². The van der Waals surface area contributed by atoms with Crippen molar-refractivity contribution in [1.82, 2.24) is 20.9 Å². The number of H-pyrrole nitrogens is 1. The summed E-state index contributed by atoms with van der Waals surface area (Å²) in [5.74, 6) is -2.91. The van der Waals surface area contributed by atoms with E-state index in [1.165, 1.54) is 0 Å².